The second kappa shape index (κ2) is 6.03. The number of nitrogens with zero attached hydrogens (tertiary/aromatic N) is 1. The molecule has 0 amide bonds. The zero-order chi connectivity index (χ0) is 13.0. The first kappa shape index (κ1) is 13.1. The number of H-pyrrole nitrogens is 1. The van der Waals surface area contributed by atoms with Crippen molar-refractivity contribution < 1.29 is 0 Å². The van der Waals surface area contributed by atoms with Crippen LogP contribution in [-0.2, 0) is 6.54 Å². The lowest BCUT2D eigenvalue weighted by Crippen LogP contribution is -2.29. The van der Waals surface area contributed by atoms with Gasteiger partial charge >= 0.3 is 0 Å². The number of nitrogens with one attached hydrogen (secondary N) is 2. The van der Waals surface area contributed by atoms with Gasteiger partial charge in [-0.05, 0) is 51.7 Å². The predicted octanol–water partition coefficient (Wildman–Crippen LogP) is 2.60. The van der Waals surface area contributed by atoms with Crippen LogP contribution in [0.4, 0.5) is 0 Å². The molecule has 0 spiro atoms. The van der Waals surface area contributed by atoms with Crippen molar-refractivity contribution in [1.82, 2.24) is 15.2 Å². The summed E-state index contributed by atoms with van der Waals surface area (Å²) in [5.74, 6) is 0. The molecule has 2 rings (SSSR count). The Morgan fingerprint density at radius 1 is 1.28 bits per heavy atom. The third-order valence-corrected chi connectivity index (χ3v) is 3.34. The largest absolute Gasteiger partial charge is 0.361 e. The van der Waals surface area contributed by atoms with Gasteiger partial charge in [0.25, 0.3) is 0 Å². The maximum Gasteiger partial charge on any atom is 0.0457 e. The molecule has 1 unspecified atom stereocenters. The number of aromatic nitrogens is 1. The molecule has 1 aromatic heterocycles. The van der Waals surface area contributed by atoms with Crippen molar-refractivity contribution >= 4 is 10.9 Å². The van der Waals surface area contributed by atoms with Gasteiger partial charge in [-0.2, -0.15) is 0 Å². The summed E-state index contributed by atoms with van der Waals surface area (Å²) < 4.78 is 0. The van der Waals surface area contributed by atoms with Gasteiger partial charge in [-0.3, -0.25) is 0 Å². The zero-order valence-electron chi connectivity index (χ0n) is 11.5. The minimum atomic E-state index is 0.543. The summed E-state index contributed by atoms with van der Waals surface area (Å²) in [6.45, 7) is 4.31. The molecule has 98 valence electrons. The molecular formula is C15H23N3. The van der Waals surface area contributed by atoms with Gasteiger partial charge in [-0.15, -0.1) is 0 Å². The number of benzene rings is 1. The van der Waals surface area contributed by atoms with Crippen molar-refractivity contribution in [3.63, 3.8) is 0 Å². The summed E-state index contributed by atoms with van der Waals surface area (Å²) in [5, 5.41) is 4.92. The highest BCUT2D eigenvalue weighted by Crippen LogP contribution is 2.17. The molecule has 18 heavy (non-hydrogen) atoms. The fraction of sp³-hybridized carbons (Fsp3) is 0.467. The van der Waals surface area contributed by atoms with E-state index in [1.807, 2.05) is 6.20 Å². The van der Waals surface area contributed by atoms with E-state index in [-0.39, 0.29) is 0 Å². The van der Waals surface area contributed by atoms with Crippen LogP contribution in [-0.4, -0.2) is 36.6 Å². The van der Waals surface area contributed by atoms with Gasteiger partial charge in [0.15, 0.2) is 0 Å². The molecule has 0 bridgehead atoms. The lowest BCUT2D eigenvalue weighted by Gasteiger charge is -2.17. The van der Waals surface area contributed by atoms with Gasteiger partial charge in [0.05, 0.1) is 0 Å². The smallest absolute Gasteiger partial charge is 0.0457 e. The van der Waals surface area contributed by atoms with Crippen molar-refractivity contribution in [3.8, 4) is 0 Å². The Kier molecular flexibility index (Phi) is 4.39. The van der Waals surface area contributed by atoms with Crippen LogP contribution in [0.2, 0.25) is 0 Å². The molecule has 1 heterocycles. The predicted molar refractivity (Wildman–Crippen MR) is 77.8 cm³/mol. The first-order valence-corrected chi connectivity index (χ1v) is 6.60. The molecule has 2 N–H and O–H groups in total. The molecule has 0 aliphatic carbocycles. The van der Waals surface area contributed by atoms with Gasteiger partial charge in [0, 0.05) is 29.7 Å². The minimum absolute atomic E-state index is 0.543. The summed E-state index contributed by atoms with van der Waals surface area (Å²) >= 11 is 0. The summed E-state index contributed by atoms with van der Waals surface area (Å²) in [6.07, 6.45) is 3.18. The van der Waals surface area contributed by atoms with Crippen LogP contribution >= 0.6 is 0 Å². The Balaban J connectivity index is 1.91. The normalized spacial score (nSPS) is 13.3. The van der Waals surface area contributed by atoms with Crippen LogP contribution in [0.1, 0.15) is 18.9 Å². The SMILES string of the molecule is CC(CCN(C)C)NCc1cccc2[nH]ccc12. The molecule has 0 aliphatic rings. The number of rotatable bonds is 6. The topological polar surface area (TPSA) is 31.1 Å². The number of fused-ring (bicyclic) bond motifs is 1. The van der Waals surface area contributed by atoms with E-state index in [0.717, 1.165) is 13.1 Å². The summed E-state index contributed by atoms with van der Waals surface area (Å²) in [7, 11) is 4.24. The van der Waals surface area contributed by atoms with Crippen LogP contribution in [0.3, 0.4) is 0 Å². The molecule has 0 radical (unpaired) electrons. The molecule has 0 saturated carbocycles. The average molecular weight is 245 g/mol. The highest BCUT2D eigenvalue weighted by molar-refractivity contribution is 5.82. The molecule has 3 heteroatoms. The van der Waals surface area contributed by atoms with Crippen molar-refractivity contribution in [1.29, 1.82) is 0 Å². The van der Waals surface area contributed by atoms with Gasteiger partial charge < -0.3 is 15.2 Å². The zero-order valence-corrected chi connectivity index (χ0v) is 11.5. The van der Waals surface area contributed by atoms with Gasteiger partial charge in [-0.25, -0.2) is 0 Å². The first-order chi connectivity index (χ1) is 8.66. The Morgan fingerprint density at radius 3 is 2.89 bits per heavy atom. The molecule has 1 atom stereocenters. The van der Waals surface area contributed by atoms with E-state index >= 15 is 0 Å². The van der Waals surface area contributed by atoms with Gasteiger partial charge in [0.2, 0.25) is 0 Å². The highest BCUT2D eigenvalue weighted by atomic mass is 15.1. The maximum absolute atomic E-state index is 3.60. The first-order valence-electron chi connectivity index (χ1n) is 6.60. The average Bonchev–Trinajstić information content (AvgIpc) is 2.82. The monoisotopic (exact) mass is 245 g/mol. The van der Waals surface area contributed by atoms with E-state index in [4.69, 9.17) is 0 Å². The Morgan fingerprint density at radius 2 is 2.11 bits per heavy atom. The van der Waals surface area contributed by atoms with Crippen LogP contribution in [0.25, 0.3) is 10.9 Å². The van der Waals surface area contributed by atoms with Crippen LogP contribution in [0.15, 0.2) is 30.5 Å². The second-order valence-electron chi connectivity index (χ2n) is 5.23. The maximum atomic E-state index is 3.60. The Bertz CT molecular complexity index is 487. The lowest BCUT2D eigenvalue weighted by molar-refractivity contribution is 0.366. The van der Waals surface area contributed by atoms with Crippen LogP contribution < -0.4 is 5.32 Å². The van der Waals surface area contributed by atoms with E-state index < -0.39 is 0 Å². The van der Waals surface area contributed by atoms with Crippen LogP contribution in [0, 0.1) is 0 Å². The van der Waals surface area contributed by atoms with E-state index in [1.165, 1.54) is 22.9 Å². The van der Waals surface area contributed by atoms with Gasteiger partial charge in [0.1, 0.15) is 0 Å². The van der Waals surface area contributed by atoms with Crippen molar-refractivity contribution in [3.05, 3.63) is 36.0 Å². The summed E-state index contributed by atoms with van der Waals surface area (Å²) in [6, 6.07) is 9.12. The third-order valence-electron chi connectivity index (χ3n) is 3.34. The fourth-order valence-electron chi connectivity index (χ4n) is 2.14. The number of hydrogen-bond acceptors (Lipinski definition) is 2. The molecule has 0 aliphatic heterocycles. The molecule has 0 saturated heterocycles. The Labute approximate surface area is 109 Å². The molecule has 0 fully saturated rings. The van der Waals surface area contributed by atoms with E-state index in [9.17, 15) is 0 Å². The Hall–Kier alpha value is -1.32. The molecule has 2 aromatic rings. The summed E-state index contributed by atoms with van der Waals surface area (Å²) in [4.78, 5) is 5.48. The van der Waals surface area contributed by atoms with Gasteiger partial charge in [-0.1, -0.05) is 12.1 Å². The summed E-state index contributed by atoms with van der Waals surface area (Å²) in [5.41, 5.74) is 2.58. The second-order valence-corrected chi connectivity index (χ2v) is 5.23. The van der Waals surface area contributed by atoms with Crippen molar-refractivity contribution in [2.75, 3.05) is 20.6 Å². The standard InChI is InChI=1S/C15H23N3/c1-12(8-10-18(2)3)17-11-13-5-4-6-15-14(13)7-9-16-15/h4-7,9,12,16-17H,8,10-11H2,1-3H3. The van der Waals surface area contributed by atoms with E-state index in [2.05, 4.69) is 60.5 Å². The molecule has 3 nitrogen and oxygen atoms in total. The number of hydrogen-bond donors (Lipinski definition) is 2. The lowest BCUT2D eigenvalue weighted by atomic mass is 10.1. The highest BCUT2D eigenvalue weighted by Gasteiger charge is 2.05. The van der Waals surface area contributed by atoms with Crippen molar-refractivity contribution in [2.24, 2.45) is 0 Å². The van der Waals surface area contributed by atoms with E-state index in [1.54, 1.807) is 0 Å². The number of aromatic amines is 1. The minimum Gasteiger partial charge on any atom is -0.361 e. The third kappa shape index (κ3) is 3.34. The molecular weight excluding hydrogens is 222 g/mol. The van der Waals surface area contributed by atoms with E-state index in [0.29, 0.717) is 6.04 Å². The quantitative estimate of drug-likeness (QED) is 0.819. The fourth-order valence-corrected chi connectivity index (χ4v) is 2.14. The van der Waals surface area contributed by atoms with Crippen molar-refractivity contribution in [2.45, 2.75) is 25.9 Å². The van der Waals surface area contributed by atoms with Crippen LogP contribution in [0.5, 0.6) is 0 Å². The molecule has 1 aromatic carbocycles.